The number of carbonyl (C=O) groups excluding carboxylic acids is 1. The van der Waals surface area contributed by atoms with E-state index in [2.05, 4.69) is 5.32 Å². The molecule has 1 amide bonds. The average molecular weight is 471 g/mol. The van der Waals surface area contributed by atoms with Gasteiger partial charge in [-0.15, -0.1) is 0 Å². The number of carbonyl (C=O) groups is 1. The summed E-state index contributed by atoms with van der Waals surface area (Å²) in [4.78, 5) is 13.3. The number of sulfonamides is 1. The van der Waals surface area contributed by atoms with Gasteiger partial charge in [-0.3, -0.25) is 9.10 Å². The predicted octanol–water partition coefficient (Wildman–Crippen LogP) is 4.16. The van der Waals surface area contributed by atoms with Crippen molar-refractivity contribution in [2.45, 2.75) is 18.6 Å². The van der Waals surface area contributed by atoms with Crippen LogP contribution in [-0.2, 0) is 14.8 Å². The van der Waals surface area contributed by atoms with Crippen LogP contribution in [0.5, 0.6) is 5.75 Å². The molecule has 3 aromatic rings. The highest BCUT2D eigenvalue weighted by Gasteiger charge is 2.32. The number of nitrogens with zero attached hydrogens (tertiary/aromatic N) is 1. The monoisotopic (exact) mass is 470 g/mol. The van der Waals surface area contributed by atoms with E-state index in [1.807, 2.05) is 60.7 Å². The van der Waals surface area contributed by atoms with E-state index in [9.17, 15) is 13.2 Å². The molecule has 0 unspecified atom stereocenters. The van der Waals surface area contributed by atoms with Crippen molar-refractivity contribution in [1.29, 1.82) is 0 Å². The van der Waals surface area contributed by atoms with Crippen LogP contribution in [0, 0.1) is 0 Å². The third-order valence-electron chi connectivity index (χ3n) is 5.30. The highest BCUT2D eigenvalue weighted by molar-refractivity contribution is 7.92. The fourth-order valence-electron chi connectivity index (χ4n) is 3.77. The van der Waals surface area contributed by atoms with Crippen LogP contribution < -0.4 is 14.4 Å². The Labute approximate surface area is 192 Å². The van der Waals surface area contributed by atoms with E-state index in [1.54, 1.807) is 12.1 Å². The number of halogens is 1. The number of nitrogens with one attached hydrogen (secondary N) is 1. The van der Waals surface area contributed by atoms with Gasteiger partial charge in [-0.1, -0.05) is 72.3 Å². The van der Waals surface area contributed by atoms with Crippen LogP contribution in [0.15, 0.2) is 78.9 Å². The molecule has 8 heteroatoms. The molecular formula is C24H23ClN2O4S. The van der Waals surface area contributed by atoms with E-state index in [-0.39, 0.29) is 24.9 Å². The zero-order valence-corrected chi connectivity index (χ0v) is 19.0. The lowest BCUT2D eigenvalue weighted by Crippen LogP contribution is -2.41. The number of amides is 1. The van der Waals surface area contributed by atoms with Crippen molar-refractivity contribution in [2.75, 3.05) is 17.1 Å². The Morgan fingerprint density at radius 1 is 1.03 bits per heavy atom. The van der Waals surface area contributed by atoms with Gasteiger partial charge in [-0.05, 0) is 29.3 Å². The fourth-order valence-corrected chi connectivity index (χ4v) is 4.87. The summed E-state index contributed by atoms with van der Waals surface area (Å²) in [5.41, 5.74) is 2.20. The van der Waals surface area contributed by atoms with Crippen LogP contribution in [0.4, 0.5) is 5.69 Å². The lowest BCUT2D eigenvalue weighted by molar-refractivity contribution is -0.128. The molecule has 0 spiro atoms. The first kappa shape index (κ1) is 22.2. The van der Waals surface area contributed by atoms with Crippen molar-refractivity contribution in [3.05, 3.63) is 95.0 Å². The Morgan fingerprint density at radius 2 is 1.62 bits per heavy atom. The molecule has 1 aliphatic heterocycles. The summed E-state index contributed by atoms with van der Waals surface area (Å²) in [6.45, 7) is 0.103. The molecule has 0 bridgehead atoms. The molecule has 1 aliphatic rings. The first-order valence-corrected chi connectivity index (χ1v) is 12.4. The number of hydrogen-bond acceptors (Lipinski definition) is 4. The van der Waals surface area contributed by atoms with Crippen molar-refractivity contribution in [3.63, 3.8) is 0 Å². The number of fused-ring (bicyclic) bond motifs is 1. The van der Waals surface area contributed by atoms with E-state index < -0.39 is 16.1 Å². The van der Waals surface area contributed by atoms with Crippen LogP contribution in [-0.4, -0.2) is 33.2 Å². The average Bonchev–Trinajstić information content (AvgIpc) is 2.98. The molecule has 1 heterocycles. The van der Waals surface area contributed by atoms with Crippen LogP contribution >= 0.6 is 11.6 Å². The SMILES string of the molecule is CS(=O)(=O)N1CC[C@H](C(=O)NC(c2ccccc2)c2ccccc2)Oc2ccc(Cl)cc21. The molecule has 6 nitrogen and oxygen atoms in total. The highest BCUT2D eigenvalue weighted by Crippen LogP contribution is 2.36. The van der Waals surface area contributed by atoms with Crippen molar-refractivity contribution >= 4 is 33.2 Å². The minimum absolute atomic E-state index is 0.103. The van der Waals surface area contributed by atoms with E-state index in [0.717, 1.165) is 17.4 Å². The molecule has 166 valence electrons. The Hall–Kier alpha value is -3.03. The molecular weight excluding hydrogens is 448 g/mol. The van der Waals surface area contributed by atoms with Gasteiger partial charge in [0.25, 0.3) is 5.91 Å². The number of benzene rings is 3. The molecule has 0 saturated heterocycles. The zero-order chi connectivity index (χ0) is 22.7. The van der Waals surface area contributed by atoms with Gasteiger partial charge >= 0.3 is 0 Å². The highest BCUT2D eigenvalue weighted by atomic mass is 35.5. The van der Waals surface area contributed by atoms with E-state index in [4.69, 9.17) is 16.3 Å². The maximum absolute atomic E-state index is 13.3. The molecule has 4 rings (SSSR count). The van der Waals surface area contributed by atoms with Crippen LogP contribution in [0.3, 0.4) is 0 Å². The lowest BCUT2D eigenvalue weighted by atomic mass is 9.98. The molecule has 0 saturated carbocycles. The number of ether oxygens (including phenoxy) is 1. The Kier molecular flexibility index (Phi) is 6.39. The summed E-state index contributed by atoms with van der Waals surface area (Å²) < 4.78 is 32.0. The zero-order valence-electron chi connectivity index (χ0n) is 17.4. The predicted molar refractivity (Wildman–Crippen MR) is 126 cm³/mol. The molecule has 1 atom stereocenters. The topological polar surface area (TPSA) is 75.7 Å². The van der Waals surface area contributed by atoms with E-state index in [1.165, 1.54) is 10.4 Å². The second-order valence-electron chi connectivity index (χ2n) is 7.61. The van der Waals surface area contributed by atoms with Gasteiger partial charge in [-0.25, -0.2) is 8.42 Å². The molecule has 32 heavy (non-hydrogen) atoms. The Bertz CT molecular complexity index is 1160. The van der Waals surface area contributed by atoms with Gasteiger partial charge in [0.05, 0.1) is 18.0 Å². The standard InChI is InChI=1S/C24H23ClN2O4S/c1-32(29,30)27-15-14-22(31-21-13-12-19(25)16-20(21)27)24(28)26-23(17-8-4-2-5-9-17)18-10-6-3-7-11-18/h2-13,16,22-23H,14-15H2,1H3,(H,26,28)/t22-/m1/s1. The molecule has 0 aromatic heterocycles. The number of hydrogen-bond donors (Lipinski definition) is 1. The van der Waals surface area contributed by atoms with Crippen LogP contribution in [0.25, 0.3) is 0 Å². The maximum Gasteiger partial charge on any atom is 0.261 e. The summed E-state index contributed by atoms with van der Waals surface area (Å²) in [7, 11) is -3.57. The molecule has 1 N–H and O–H groups in total. The van der Waals surface area contributed by atoms with Crippen molar-refractivity contribution in [1.82, 2.24) is 5.32 Å². The van der Waals surface area contributed by atoms with Gasteiger partial charge in [0.1, 0.15) is 5.75 Å². The fraction of sp³-hybridized carbons (Fsp3) is 0.208. The van der Waals surface area contributed by atoms with Gasteiger partial charge in [-0.2, -0.15) is 0 Å². The maximum atomic E-state index is 13.3. The smallest absolute Gasteiger partial charge is 0.261 e. The van der Waals surface area contributed by atoms with E-state index >= 15 is 0 Å². The van der Waals surface area contributed by atoms with Gasteiger partial charge in [0.15, 0.2) is 6.10 Å². The largest absolute Gasteiger partial charge is 0.478 e. The molecule has 0 fully saturated rings. The third-order valence-corrected chi connectivity index (χ3v) is 6.71. The van der Waals surface area contributed by atoms with Gasteiger partial charge in [0.2, 0.25) is 10.0 Å². The second-order valence-corrected chi connectivity index (χ2v) is 9.95. The van der Waals surface area contributed by atoms with Crippen LogP contribution in [0.1, 0.15) is 23.6 Å². The minimum atomic E-state index is -3.57. The molecule has 0 radical (unpaired) electrons. The minimum Gasteiger partial charge on any atom is -0.478 e. The normalized spacial score (nSPS) is 16.1. The summed E-state index contributed by atoms with van der Waals surface area (Å²) in [5, 5.41) is 3.47. The number of anilines is 1. The molecule has 0 aliphatic carbocycles. The lowest BCUT2D eigenvalue weighted by Gasteiger charge is -2.23. The Morgan fingerprint density at radius 3 is 2.19 bits per heavy atom. The quantitative estimate of drug-likeness (QED) is 0.607. The first-order valence-electron chi connectivity index (χ1n) is 10.2. The molecule has 3 aromatic carbocycles. The Balaban J connectivity index is 1.63. The number of rotatable bonds is 5. The van der Waals surface area contributed by atoms with Crippen molar-refractivity contribution in [3.8, 4) is 5.75 Å². The second kappa shape index (κ2) is 9.22. The summed E-state index contributed by atoms with van der Waals surface area (Å²) in [6.07, 6.45) is 0.456. The summed E-state index contributed by atoms with van der Waals surface area (Å²) in [5.74, 6) is -0.0209. The summed E-state index contributed by atoms with van der Waals surface area (Å²) >= 11 is 6.09. The third kappa shape index (κ3) is 4.89. The van der Waals surface area contributed by atoms with Crippen molar-refractivity contribution < 1.29 is 17.9 Å². The first-order chi connectivity index (χ1) is 15.3. The van der Waals surface area contributed by atoms with E-state index in [0.29, 0.717) is 16.5 Å². The summed E-state index contributed by atoms with van der Waals surface area (Å²) in [6, 6.07) is 23.7. The van der Waals surface area contributed by atoms with Gasteiger partial charge < -0.3 is 10.1 Å². The van der Waals surface area contributed by atoms with Gasteiger partial charge in [0, 0.05) is 18.0 Å². The van der Waals surface area contributed by atoms with Crippen molar-refractivity contribution in [2.24, 2.45) is 0 Å². The van der Waals surface area contributed by atoms with Crippen LogP contribution in [0.2, 0.25) is 5.02 Å².